The third kappa shape index (κ3) is 15.7. The van der Waals surface area contributed by atoms with Gasteiger partial charge in [-0.25, -0.2) is 13.1 Å². The number of phenols is 1. The van der Waals surface area contributed by atoms with Gasteiger partial charge in [0.25, 0.3) is 27.6 Å². The molecule has 0 aromatic heterocycles. The van der Waals surface area contributed by atoms with Crippen molar-refractivity contribution in [2.45, 2.75) is 171 Å². The van der Waals surface area contributed by atoms with Crippen LogP contribution in [0.4, 0.5) is 13.2 Å². The van der Waals surface area contributed by atoms with Crippen LogP contribution in [0.3, 0.4) is 0 Å². The van der Waals surface area contributed by atoms with E-state index < -0.39 is 75.7 Å². The lowest BCUT2D eigenvalue weighted by molar-refractivity contribution is -0.175. The highest BCUT2D eigenvalue weighted by Crippen LogP contribution is 2.43. The molecule has 0 radical (unpaired) electrons. The van der Waals surface area contributed by atoms with Crippen molar-refractivity contribution in [2.75, 3.05) is 12.3 Å². The van der Waals surface area contributed by atoms with Crippen LogP contribution in [0.2, 0.25) is 5.02 Å². The molecule has 73 heavy (non-hydrogen) atoms. The van der Waals surface area contributed by atoms with Gasteiger partial charge in [0, 0.05) is 51.2 Å². The Morgan fingerprint density at radius 2 is 1.38 bits per heavy atom. The number of carbonyl (C=O) groups excluding carboxylic acids is 6. The van der Waals surface area contributed by atoms with E-state index in [0.29, 0.717) is 48.6 Å². The van der Waals surface area contributed by atoms with Gasteiger partial charge >= 0.3 is 6.18 Å². The highest BCUT2D eigenvalue weighted by Gasteiger charge is 2.51. The van der Waals surface area contributed by atoms with Gasteiger partial charge in [0.05, 0.1) is 10.9 Å². The minimum Gasteiger partial charge on any atom is -0.507 e. The molecule has 5 N–H and O–H groups in total. The van der Waals surface area contributed by atoms with E-state index in [9.17, 15) is 55.5 Å². The number of rotatable bonds is 20. The lowest BCUT2D eigenvalue weighted by Crippen LogP contribution is -2.59. The molecule has 400 valence electrons. The van der Waals surface area contributed by atoms with E-state index in [4.69, 9.17) is 11.6 Å². The number of fused-ring (bicyclic) bond motifs is 1. The molecule has 1 heterocycles. The molecule has 2 fully saturated rings. The van der Waals surface area contributed by atoms with E-state index in [1.165, 1.54) is 67.3 Å². The number of benzene rings is 3. The van der Waals surface area contributed by atoms with Crippen LogP contribution in [-0.2, 0) is 40.0 Å². The van der Waals surface area contributed by atoms with E-state index in [0.717, 1.165) is 28.9 Å². The summed E-state index contributed by atoms with van der Waals surface area (Å²) in [5, 5.41) is 19.4. The maximum Gasteiger partial charge on any atom is 0.452 e. The zero-order valence-corrected chi connectivity index (χ0v) is 45.1. The first-order valence-electron chi connectivity index (χ1n) is 24.7. The number of Topliss-reactive ketones (excluding diaryl/α,β-unsaturated/α-hetero) is 1. The first-order chi connectivity index (χ1) is 34.0. The van der Waals surface area contributed by atoms with Crippen LogP contribution in [0.5, 0.6) is 5.75 Å². The Bertz CT molecular complexity index is 2570. The monoisotopic (exact) mass is 1080 g/mol. The predicted molar refractivity (Wildman–Crippen MR) is 275 cm³/mol. The average molecular weight is 1080 g/mol. The normalized spacial score (nSPS) is 18.1. The van der Waals surface area contributed by atoms with Crippen molar-refractivity contribution in [2.24, 2.45) is 11.8 Å². The summed E-state index contributed by atoms with van der Waals surface area (Å²) in [6.45, 7) is 15.3. The molecule has 1 aliphatic heterocycles. The minimum absolute atomic E-state index is 0.00623. The van der Waals surface area contributed by atoms with Crippen LogP contribution in [0.25, 0.3) is 0 Å². The molecule has 5 atom stereocenters. The zero-order chi connectivity index (χ0) is 54.2. The smallest absolute Gasteiger partial charge is 0.452 e. The molecule has 0 unspecified atom stereocenters. The summed E-state index contributed by atoms with van der Waals surface area (Å²) in [5.41, 5.74) is 1.06. The lowest BCUT2D eigenvalue weighted by atomic mass is 9.79. The van der Waals surface area contributed by atoms with Gasteiger partial charge in [-0.1, -0.05) is 79.8 Å². The van der Waals surface area contributed by atoms with Gasteiger partial charge in [0.1, 0.15) is 17.8 Å². The number of alkyl halides is 3. The van der Waals surface area contributed by atoms with Crippen molar-refractivity contribution in [1.29, 1.82) is 0 Å². The molecular weight excluding hydrogens is 1010 g/mol. The Morgan fingerprint density at radius 1 is 0.808 bits per heavy atom. The van der Waals surface area contributed by atoms with Gasteiger partial charge in [-0.3, -0.25) is 28.8 Å². The Balaban J connectivity index is 1.28. The highest BCUT2D eigenvalue weighted by molar-refractivity contribution is 7.99. The van der Waals surface area contributed by atoms with Crippen LogP contribution in [-0.4, -0.2) is 96.4 Å². The van der Waals surface area contributed by atoms with Gasteiger partial charge in [-0.2, -0.15) is 13.2 Å². The van der Waals surface area contributed by atoms with Crippen LogP contribution < -0.4 is 20.7 Å². The Labute approximate surface area is 436 Å². The van der Waals surface area contributed by atoms with E-state index in [1.54, 1.807) is 11.8 Å². The topological polar surface area (TPSA) is 208 Å². The number of phenolic OH excluding ortho intramolecular Hbond substituents is 1. The summed E-state index contributed by atoms with van der Waals surface area (Å²) in [6, 6.07) is 9.38. The third-order valence-corrected chi connectivity index (χ3v) is 16.0. The maximum absolute atomic E-state index is 14.9. The number of carbonyl (C=O) groups is 6. The third-order valence-electron chi connectivity index (χ3n) is 13.3. The number of unbranched alkanes of at least 4 members (excludes halogenated alkanes) is 1. The van der Waals surface area contributed by atoms with Crippen molar-refractivity contribution < 1.29 is 55.5 Å². The van der Waals surface area contributed by atoms with Crippen LogP contribution >= 0.6 is 23.4 Å². The maximum atomic E-state index is 14.9. The number of amides is 5. The average Bonchev–Trinajstić information content (AvgIpc) is 3.70. The number of likely N-dealkylation sites (tertiary alicyclic amines) is 1. The Morgan fingerprint density at radius 3 is 1.95 bits per heavy atom. The van der Waals surface area contributed by atoms with Crippen LogP contribution in [0, 0.1) is 11.8 Å². The molecule has 0 bridgehead atoms. The van der Waals surface area contributed by atoms with Crippen LogP contribution in [0.15, 0.2) is 70.5 Å². The number of hydrogen-bond acceptors (Lipinski definition) is 10. The predicted octanol–water partition coefficient (Wildman–Crippen LogP) is 9.15. The van der Waals surface area contributed by atoms with Crippen molar-refractivity contribution >= 4 is 68.7 Å². The Hall–Kier alpha value is -5.14. The summed E-state index contributed by atoms with van der Waals surface area (Å²) in [5.74, 6) is -5.64. The molecule has 20 heteroatoms. The number of hydrogen-bond donors (Lipinski definition) is 5. The lowest BCUT2D eigenvalue weighted by Gasteiger charge is -2.36. The molecule has 1 aliphatic carbocycles. The molecule has 2 aliphatic rings. The van der Waals surface area contributed by atoms with E-state index in [1.807, 2.05) is 58.4 Å². The summed E-state index contributed by atoms with van der Waals surface area (Å²) >= 11 is 7.48. The van der Waals surface area contributed by atoms with Gasteiger partial charge in [0.15, 0.2) is 0 Å². The van der Waals surface area contributed by atoms with Gasteiger partial charge in [0.2, 0.25) is 17.7 Å². The van der Waals surface area contributed by atoms with Gasteiger partial charge in [-0.05, 0) is 134 Å². The fraction of sp³-hybridized carbons (Fsp3) is 0.547. The number of ketones is 1. The Kier molecular flexibility index (Phi) is 19.7. The quantitative estimate of drug-likeness (QED) is 0.0536. The minimum atomic E-state index is -5.21. The fourth-order valence-corrected chi connectivity index (χ4v) is 11.4. The molecule has 3 aromatic carbocycles. The van der Waals surface area contributed by atoms with Gasteiger partial charge in [-0.15, -0.1) is 11.8 Å². The van der Waals surface area contributed by atoms with Crippen molar-refractivity contribution in [3.8, 4) is 5.75 Å². The SMILES string of the molecule is CC(C)[C@H](NC(=O)[C@@H]1C[C@@H]2CCCC[C@@H]2N1C(=O)[C@H](CCCCNC(=O)CCCSc1cc(C(C)(C)C)c(O)c(C(C)(C)C)c1)NC(=O)c1ccc(C(=O)NS(=O)(=O)c2ccc(Cl)cc2)cc1)C(=O)C(F)(F)F. The zero-order valence-electron chi connectivity index (χ0n) is 42.7. The number of sulfonamides is 1. The summed E-state index contributed by atoms with van der Waals surface area (Å²) < 4.78 is 68.6. The van der Waals surface area contributed by atoms with E-state index in [2.05, 4.69) is 16.0 Å². The number of nitrogens with zero attached hydrogens (tertiary/aromatic N) is 1. The van der Waals surface area contributed by atoms with Crippen molar-refractivity contribution in [3.63, 3.8) is 0 Å². The summed E-state index contributed by atoms with van der Waals surface area (Å²) in [6.07, 6.45) is -0.741. The number of nitrogens with one attached hydrogen (secondary N) is 4. The molecular formula is C53H69ClF3N5O9S2. The fourth-order valence-electron chi connectivity index (χ4n) is 9.32. The second-order valence-corrected chi connectivity index (χ2v) is 24.6. The number of halogens is 4. The first kappa shape index (κ1) is 58.7. The van der Waals surface area contributed by atoms with E-state index >= 15 is 0 Å². The molecule has 3 aromatic rings. The molecule has 5 rings (SSSR count). The largest absolute Gasteiger partial charge is 0.507 e. The van der Waals surface area contributed by atoms with Crippen LogP contribution in [0.1, 0.15) is 151 Å². The van der Waals surface area contributed by atoms with Crippen molar-refractivity contribution in [3.05, 3.63) is 87.9 Å². The molecule has 1 saturated carbocycles. The second kappa shape index (κ2) is 24.5. The van der Waals surface area contributed by atoms with Crippen molar-refractivity contribution in [1.82, 2.24) is 25.6 Å². The molecule has 14 nitrogen and oxygen atoms in total. The molecule has 1 saturated heterocycles. The number of thioether (sulfide) groups is 1. The summed E-state index contributed by atoms with van der Waals surface area (Å²) in [7, 11) is -4.28. The molecule has 0 spiro atoms. The standard InChI is InChI=1S/C53H69ClF3N5O9S2/c1-31(2)44(46(65)53(55,56)57)60-49(68)42-28-34-14-9-10-16-41(34)62(42)50(69)40(59-47(66)32-18-20-33(21-19-32)48(67)61-73(70,71)37-24-22-35(54)23-25-37)15-11-12-26-58-43(63)17-13-27-72-36-29-38(51(3,4)5)45(64)39(30-36)52(6,7)8/h18-25,29-31,34,40-42,44,64H,9-17,26-28H2,1-8H3,(H,58,63)(H,59,66)(H,60,68)(H,61,67)/t34-,40-,41-,42-,44-/m0/s1. The van der Waals surface area contributed by atoms with E-state index in [-0.39, 0.29) is 64.5 Å². The molecule has 5 amide bonds. The summed E-state index contributed by atoms with van der Waals surface area (Å²) in [4.78, 5) is 83.4. The second-order valence-electron chi connectivity index (χ2n) is 21.4. The number of aromatic hydroxyl groups is 1. The first-order valence-corrected chi connectivity index (χ1v) is 27.6. The highest BCUT2D eigenvalue weighted by atomic mass is 35.5. The van der Waals surface area contributed by atoms with Gasteiger partial charge < -0.3 is 26.0 Å².